The molecule has 2 heterocycles. The number of carbonyl (C=O) groups is 1. The highest BCUT2D eigenvalue weighted by Gasteiger charge is 2.59. The van der Waals surface area contributed by atoms with E-state index in [1.807, 2.05) is 29.0 Å². The van der Waals surface area contributed by atoms with Gasteiger partial charge in [0.2, 0.25) is 6.04 Å². The third-order valence-electron chi connectivity index (χ3n) is 4.32. The molecule has 1 fully saturated rings. The average molecular weight is 244 g/mol. The summed E-state index contributed by atoms with van der Waals surface area (Å²) in [5.41, 5.74) is 1.14. The van der Waals surface area contributed by atoms with E-state index in [4.69, 9.17) is 0 Å². The molecule has 0 aromatic heterocycles. The van der Waals surface area contributed by atoms with E-state index in [0.717, 1.165) is 12.1 Å². The molecule has 18 heavy (non-hydrogen) atoms. The summed E-state index contributed by atoms with van der Waals surface area (Å²) in [6.45, 7) is 6.44. The van der Waals surface area contributed by atoms with Crippen LogP contribution in [0.3, 0.4) is 0 Å². The van der Waals surface area contributed by atoms with E-state index in [2.05, 4.69) is 31.1 Å². The summed E-state index contributed by atoms with van der Waals surface area (Å²) >= 11 is 0. The van der Waals surface area contributed by atoms with Crippen molar-refractivity contribution in [1.82, 2.24) is 5.32 Å². The zero-order valence-electron chi connectivity index (χ0n) is 11.0. The maximum Gasteiger partial charge on any atom is 0.286 e. The monoisotopic (exact) mass is 244 g/mol. The van der Waals surface area contributed by atoms with Crippen LogP contribution in [0.15, 0.2) is 28.9 Å². The number of nitrogens with one attached hydrogen (secondary N) is 1. The summed E-state index contributed by atoms with van der Waals surface area (Å²) in [4.78, 5) is 16.5. The zero-order chi connectivity index (χ0) is 13.0. The molecule has 0 aromatic rings. The molecule has 0 aromatic carbocycles. The lowest BCUT2D eigenvalue weighted by Gasteiger charge is -2.18. The highest BCUT2D eigenvalue weighted by atomic mass is 16.2. The molecule has 0 bridgehead atoms. The van der Waals surface area contributed by atoms with Crippen molar-refractivity contribution in [1.29, 1.82) is 0 Å². The van der Waals surface area contributed by atoms with E-state index in [-0.39, 0.29) is 16.9 Å². The standard InChI is InChI=1S/C14H17N3O/c1-13(2)8-14(13,3)16-12(18)11-7-10-5-4-6-17(10)9-15-11/h4-7,9,11H,8H2,1-3H3/p+1/t11?,14-/m0/s1. The van der Waals surface area contributed by atoms with Gasteiger partial charge < -0.3 is 5.32 Å². The first-order chi connectivity index (χ1) is 8.41. The van der Waals surface area contributed by atoms with Crippen molar-refractivity contribution in [2.75, 3.05) is 0 Å². The third-order valence-corrected chi connectivity index (χ3v) is 4.32. The molecule has 4 nitrogen and oxygen atoms in total. The number of hydrogen-bond acceptors (Lipinski definition) is 2. The molecule has 0 spiro atoms. The normalized spacial score (nSPS) is 34.7. The fourth-order valence-corrected chi connectivity index (χ4v) is 2.54. The van der Waals surface area contributed by atoms with Gasteiger partial charge in [-0.05, 0) is 30.9 Å². The number of amides is 1. The lowest BCUT2D eigenvalue weighted by Crippen LogP contribution is -2.43. The Morgan fingerprint density at radius 1 is 1.50 bits per heavy atom. The molecule has 3 rings (SSSR count). The third kappa shape index (κ3) is 1.64. The highest BCUT2D eigenvalue weighted by Crippen LogP contribution is 2.55. The Bertz CT molecular complexity index is 539. The van der Waals surface area contributed by atoms with Crippen LogP contribution in [-0.2, 0) is 4.79 Å². The number of rotatable bonds is 2. The van der Waals surface area contributed by atoms with Crippen molar-refractivity contribution >= 4 is 18.5 Å². The second kappa shape index (κ2) is 3.40. The minimum Gasteiger partial charge on any atom is -0.346 e. The molecular formula is C14H18N3O+. The molecule has 4 heteroatoms. The number of nitrogens with zero attached hydrogens (tertiary/aromatic N) is 2. The summed E-state index contributed by atoms with van der Waals surface area (Å²) in [6.07, 6.45) is 10.5. The number of fused-ring (bicyclic) bond motifs is 1. The molecule has 3 aliphatic rings. The summed E-state index contributed by atoms with van der Waals surface area (Å²) in [5, 5.41) is 3.12. The topological polar surface area (TPSA) is 44.5 Å². The van der Waals surface area contributed by atoms with Gasteiger partial charge in [-0.2, -0.15) is 0 Å². The second-order valence-electron chi connectivity index (χ2n) is 6.10. The maximum atomic E-state index is 12.2. The Morgan fingerprint density at radius 3 is 2.89 bits per heavy atom. The minimum atomic E-state index is -0.402. The smallest absolute Gasteiger partial charge is 0.286 e. The fraction of sp³-hybridized carbons (Fsp3) is 0.500. The summed E-state index contributed by atoms with van der Waals surface area (Å²) in [6, 6.07) is -0.402. The Balaban J connectivity index is 1.72. The van der Waals surface area contributed by atoms with Crippen molar-refractivity contribution in [2.45, 2.75) is 38.8 Å². The molecule has 1 saturated carbocycles. The first-order valence-electron chi connectivity index (χ1n) is 6.28. The summed E-state index contributed by atoms with van der Waals surface area (Å²) in [5.74, 6) is -0.00762. The van der Waals surface area contributed by atoms with Gasteiger partial charge in [0, 0.05) is 11.6 Å². The van der Waals surface area contributed by atoms with E-state index < -0.39 is 6.04 Å². The highest BCUT2D eigenvalue weighted by molar-refractivity contribution is 5.87. The number of hydrogen-bond donors (Lipinski definition) is 1. The fourth-order valence-electron chi connectivity index (χ4n) is 2.54. The molecule has 1 aliphatic carbocycles. The first kappa shape index (κ1) is 11.4. The van der Waals surface area contributed by atoms with Crippen LogP contribution in [0.2, 0.25) is 0 Å². The predicted molar refractivity (Wildman–Crippen MR) is 70.8 cm³/mol. The largest absolute Gasteiger partial charge is 0.346 e. The molecule has 2 aliphatic heterocycles. The zero-order valence-corrected chi connectivity index (χ0v) is 11.0. The van der Waals surface area contributed by atoms with Crippen LogP contribution >= 0.6 is 0 Å². The predicted octanol–water partition coefficient (Wildman–Crippen LogP) is 1.24. The van der Waals surface area contributed by atoms with Crippen molar-refractivity contribution in [2.24, 2.45) is 10.4 Å². The van der Waals surface area contributed by atoms with Gasteiger partial charge in [0.05, 0.1) is 6.21 Å². The van der Waals surface area contributed by atoms with Crippen LogP contribution in [0.5, 0.6) is 0 Å². The van der Waals surface area contributed by atoms with E-state index in [1.54, 1.807) is 6.34 Å². The second-order valence-corrected chi connectivity index (χ2v) is 6.10. The van der Waals surface area contributed by atoms with Gasteiger partial charge >= 0.3 is 0 Å². The number of carbonyl (C=O) groups excluding carboxylic acids is 1. The van der Waals surface area contributed by atoms with E-state index in [9.17, 15) is 4.79 Å². The average Bonchev–Trinajstić information content (AvgIpc) is 2.66. The minimum absolute atomic E-state index is 0.00762. The van der Waals surface area contributed by atoms with Gasteiger partial charge in [-0.3, -0.25) is 4.79 Å². The van der Waals surface area contributed by atoms with E-state index >= 15 is 0 Å². The molecule has 1 unspecified atom stereocenters. The molecule has 94 valence electrons. The van der Waals surface area contributed by atoms with Crippen LogP contribution < -0.4 is 5.32 Å². The summed E-state index contributed by atoms with van der Waals surface area (Å²) < 4.78 is 1.91. The van der Waals surface area contributed by atoms with Crippen molar-refractivity contribution in [3.05, 3.63) is 23.9 Å². The van der Waals surface area contributed by atoms with Gasteiger partial charge in [-0.1, -0.05) is 18.8 Å². The van der Waals surface area contributed by atoms with Crippen LogP contribution in [0.25, 0.3) is 0 Å². The van der Waals surface area contributed by atoms with Crippen molar-refractivity contribution in [3.63, 3.8) is 0 Å². The van der Waals surface area contributed by atoms with Crippen molar-refractivity contribution in [3.8, 4) is 0 Å². The van der Waals surface area contributed by atoms with Gasteiger partial charge in [0.15, 0.2) is 0 Å². The first-order valence-corrected chi connectivity index (χ1v) is 6.28. The number of allylic oxidation sites excluding steroid dienone is 2. The lowest BCUT2D eigenvalue weighted by atomic mass is 10.1. The van der Waals surface area contributed by atoms with Gasteiger partial charge in [0.1, 0.15) is 5.70 Å². The Kier molecular flexibility index (Phi) is 2.15. The summed E-state index contributed by atoms with van der Waals surface area (Å²) in [7, 11) is 0. The van der Waals surface area contributed by atoms with Crippen molar-refractivity contribution < 1.29 is 9.37 Å². The Labute approximate surface area is 107 Å². The van der Waals surface area contributed by atoms with Crippen LogP contribution in [0, 0.1) is 5.41 Å². The van der Waals surface area contributed by atoms with Crippen LogP contribution in [0.4, 0.5) is 0 Å². The molecule has 1 amide bonds. The molecule has 0 radical (unpaired) electrons. The van der Waals surface area contributed by atoms with Crippen LogP contribution in [-0.4, -0.2) is 34.6 Å². The van der Waals surface area contributed by atoms with Gasteiger partial charge in [-0.25, -0.2) is 4.58 Å². The Morgan fingerprint density at radius 2 is 2.22 bits per heavy atom. The van der Waals surface area contributed by atoms with E-state index in [1.165, 1.54) is 0 Å². The van der Waals surface area contributed by atoms with Crippen LogP contribution in [0.1, 0.15) is 27.2 Å². The quantitative estimate of drug-likeness (QED) is 0.730. The van der Waals surface area contributed by atoms with E-state index in [0.29, 0.717) is 0 Å². The maximum absolute atomic E-state index is 12.2. The molecule has 2 atom stereocenters. The lowest BCUT2D eigenvalue weighted by molar-refractivity contribution is -0.324. The van der Waals surface area contributed by atoms with Gasteiger partial charge in [-0.15, -0.1) is 0 Å². The number of aliphatic imine (C=N–C) groups is 1. The SMILES string of the molecule is CC1(C)C[C@]1(C)NC(=O)C1C=C2C=CC=[N+]2C=N1. The molecule has 1 N–H and O–H groups in total. The molecule has 0 saturated heterocycles. The Hall–Kier alpha value is -1.71. The molecular weight excluding hydrogens is 226 g/mol. The van der Waals surface area contributed by atoms with Gasteiger partial charge in [0.25, 0.3) is 12.2 Å².